The van der Waals surface area contributed by atoms with Gasteiger partial charge in [-0.15, -0.1) is 12.6 Å². The normalized spacial score (nSPS) is 11.3. The number of benzene rings is 3. The van der Waals surface area contributed by atoms with Crippen molar-refractivity contribution in [2.24, 2.45) is 0 Å². The van der Waals surface area contributed by atoms with Crippen molar-refractivity contribution < 1.29 is 0 Å². The van der Waals surface area contributed by atoms with E-state index in [0.29, 0.717) is 0 Å². The first-order valence-corrected chi connectivity index (χ1v) is 8.06. The molecule has 0 N–H and O–H groups in total. The summed E-state index contributed by atoms with van der Waals surface area (Å²) in [7, 11) is 0. The standard InChI is InChI=1S/C22H18S/c23-22-13-7-12-20(16-14-18-8-3-1-4-9-18)21(22)17-15-19-10-5-2-6-11-19/h1-17,23H/b16-14+,17-15+. The predicted octanol–water partition coefficient (Wildman–Crippen LogP) is 6.32. The third-order valence-corrected chi connectivity index (χ3v) is 4.00. The Morgan fingerprint density at radius 1 is 0.522 bits per heavy atom. The Kier molecular flexibility index (Phi) is 5.13. The fourth-order valence-corrected chi connectivity index (χ4v) is 2.68. The fourth-order valence-electron chi connectivity index (χ4n) is 2.39. The average molecular weight is 314 g/mol. The number of hydrogen-bond acceptors (Lipinski definition) is 1. The first-order valence-electron chi connectivity index (χ1n) is 7.61. The maximum atomic E-state index is 4.61. The minimum atomic E-state index is 0.979. The van der Waals surface area contributed by atoms with Crippen molar-refractivity contribution in [2.75, 3.05) is 0 Å². The van der Waals surface area contributed by atoms with Gasteiger partial charge in [0.05, 0.1) is 0 Å². The highest BCUT2D eigenvalue weighted by Crippen LogP contribution is 2.23. The predicted molar refractivity (Wildman–Crippen MR) is 104 cm³/mol. The van der Waals surface area contributed by atoms with Crippen LogP contribution in [-0.2, 0) is 0 Å². The molecule has 112 valence electrons. The highest BCUT2D eigenvalue weighted by Gasteiger charge is 2.00. The molecule has 0 aliphatic carbocycles. The van der Waals surface area contributed by atoms with E-state index in [2.05, 4.69) is 67.3 Å². The van der Waals surface area contributed by atoms with Gasteiger partial charge in [-0.25, -0.2) is 0 Å². The van der Waals surface area contributed by atoms with E-state index in [1.54, 1.807) is 0 Å². The first kappa shape index (κ1) is 15.4. The van der Waals surface area contributed by atoms with Crippen LogP contribution in [0.1, 0.15) is 22.3 Å². The van der Waals surface area contributed by atoms with Crippen LogP contribution in [0.25, 0.3) is 24.3 Å². The molecule has 3 aromatic rings. The summed E-state index contributed by atoms with van der Waals surface area (Å²) in [5, 5.41) is 0. The van der Waals surface area contributed by atoms with E-state index in [-0.39, 0.29) is 0 Å². The Morgan fingerprint density at radius 3 is 1.70 bits per heavy atom. The van der Waals surface area contributed by atoms with Crippen LogP contribution in [0.4, 0.5) is 0 Å². The molecule has 0 fully saturated rings. The van der Waals surface area contributed by atoms with Crippen molar-refractivity contribution in [2.45, 2.75) is 4.90 Å². The molecule has 3 rings (SSSR count). The minimum Gasteiger partial charge on any atom is -0.143 e. The molecule has 0 unspecified atom stereocenters. The van der Waals surface area contributed by atoms with E-state index in [9.17, 15) is 0 Å². The van der Waals surface area contributed by atoms with Crippen LogP contribution in [0.5, 0.6) is 0 Å². The summed E-state index contributed by atoms with van der Waals surface area (Å²) in [6.07, 6.45) is 8.51. The van der Waals surface area contributed by atoms with Crippen molar-refractivity contribution >= 4 is 36.9 Å². The molecular formula is C22H18S. The molecule has 0 aliphatic rings. The van der Waals surface area contributed by atoms with Gasteiger partial charge in [0.1, 0.15) is 0 Å². The molecule has 0 amide bonds. The lowest BCUT2D eigenvalue weighted by Gasteiger charge is -2.05. The molecule has 0 radical (unpaired) electrons. The van der Waals surface area contributed by atoms with Gasteiger partial charge in [0.25, 0.3) is 0 Å². The van der Waals surface area contributed by atoms with Crippen LogP contribution in [0.15, 0.2) is 83.8 Å². The molecule has 0 aromatic heterocycles. The van der Waals surface area contributed by atoms with Gasteiger partial charge >= 0.3 is 0 Å². The fraction of sp³-hybridized carbons (Fsp3) is 0. The third kappa shape index (κ3) is 4.24. The lowest BCUT2D eigenvalue weighted by molar-refractivity contribution is 1.42. The molecule has 1 heteroatoms. The highest BCUT2D eigenvalue weighted by atomic mass is 32.1. The molecule has 0 aliphatic heterocycles. The summed E-state index contributed by atoms with van der Waals surface area (Å²) in [4.78, 5) is 0.979. The zero-order chi connectivity index (χ0) is 15.9. The number of rotatable bonds is 4. The smallest absolute Gasteiger partial charge is 0.0119 e. The molecule has 0 bridgehead atoms. The maximum Gasteiger partial charge on any atom is 0.0119 e. The third-order valence-electron chi connectivity index (χ3n) is 3.61. The van der Waals surface area contributed by atoms with Gasteiger partial charge in [-0.05, 0) is 28.3 Å². The molecule has 0 saturated heterocycles. The van der Waals surface area contributed by atoms with Crippen LogP contribution in [0, 0.1) is 0 Å². The van der Waals surface area contributed by atoms with E-state index in [0.717, 1.165) is 16.0 Å². The molecule has 23 heavy (non-hydrogen) atoms. The topological polar surface area (TPSA) is 0 Å². The largest absolute Gasteiger partial charge is 0.143 e. The Morgan fingerprint density at radius 2 is 1.09 bits per heavy atom. The van der Waals surface area contributed by atoms with Crippen molar-refractivity contribution in [3.63, 3.8) is 0 Å². The molecular weight excluding hydrogens is 296 g/mol. The first-order chi connectivity index (χ1) is 11.3. The van der Waals surface area contributed by atoms with Crippen molar-refractivity contribution in [1.29, 1.82) is 0 Å². The van der Waals surface area contributed by atoms with E-state index >= 15 is 0 Å². The van der Waals surface area contributed by atoms with Gasteiger partial charge in [-0.3, -0.25) is 0 Å². The summed E-state index contributed by atoms with van der Waals surface area (Å²) < 4.78 is 0. The Labute approximate surface area is 143 Å². The number of thiol groups is 1. The van der Waals surface area contributed by atoms with Crippen LogP contribution in [-0.4, -0.2) is 0 Å². The van der Waals surface area contributed by atoms with Crippen molar-refractivity contribution in [1.82, 2.24) is 0 Å². The summed E-state index contributed by atoms with van der Waals surface area (Å²) in [5.74, 6) is 0. The van der Waals surface area contributed by atoms with Gasteiger partial charge in [-0.1, -0.05) is 97.1 Å². The second kappa shape index (κ2) is 7.66. The minimum absolute atomic E-state index is 0.979. The van der Waals surface area contributed by atoms with Crippen LogP contribution >= 0.6 is 12.6 Å². The van der Waals surface area contributed by atoms with E-state index in [4.69, 9.17) is 0 Å². The zero-order valence-corrected chi connectivity index (χ0v) is 13.7. The molecule has 0 spiro atoms. The lowest BCUT2D eigenvalue weighted by atomic mass is 10.0. The van der Waals surface area contributed by atoms with Gasteiger partial charge in [-0.2, -0.15) is 0 Å². The van der Waals surface area contributed by atoms with Gasteiger partial charge < -0.3 is 0 Å². The average Bonchev–Trinajstić information content (AvgIpc) is 2.61. The molecule has 0 atom stereocenters. The second-order valence-electron chi connectivity index (χ2n) is 5.27. The second-order valence-corrected chi connectivity index (χ2v) is 5.75. The Bertz CT molecular complexity index is 815. The maximum absolute atomic E-state index is 4.61. The Hall–Kier alpha value is -2.51. The van der Waals surface area contributed by atoms with E-state index in [1.165, 1.54) is 11.1 Å². The van der Waals surface area contributed by atoms with Gasteiger partial charge in [0.15, 0.2) is 0 Å². The van der Waals surface area contributed by atoms with Gasteiger partial charge in [0.2, 0.25) is 0 Å². The Balaban J connectivity index is 1.91. The van der Waals surface area contributed by atoms with Crippen molar-refractivity contribution in [3.8, 4) is 0 Å². The lowest BCUT2D eigenvalue weighted by Crippen LogP contribution is -1.83. The van der Waals surface area contributed by atoms with E-state index < -0.39 is 0 Å². The SMILES string of the molecule is Sc1cccc(/C=C/c2ccccc2)c1/C=C/c1ccccc1. The quantitative estimate of drug-likeness (QED) is 0.423. The molecule has 0 heterocycles. The number of hydrogen-bond donors (Lipinski definition) is 1. The van der Waals surface area contributed by atoms with E-state index in [1.807, 2.05) is 48.5 Å². The molecule has 0 saturated carbocycles. The summed E-state index contributed by atoms with van der Waals surface area (Å²) in [6.45, 7) is 0. The summed E-state index contributed by atoms with van der Waals surface area (Å²) >= 11 is 4.61. The summed E-state index contributed by atoms with van der Waals surface area (Å²) in [5.41, 5.74) is 4.66. The van der Waals surface area contributed by atoms with Crippen LogP contribution in [0.2, 0.25) is 0 Å². The summed E-state index contributed by atoms with van der Waals surface area (Å²) in [6, 6.07) is 26.8. The molecule has 0 nitrogen and oxygen atoms in total. The monoisotopic (exact) mass is 314 g/mol. The van der Waals surface area contributed by atoms with Crippen molar-refractivity contribution in [3.05, 3.63) is 101 Å². The zero-order valence-electron chi connectivity index (χ0n) is 12.8. The van der Waals surface area contributed by atoms with Crippen LogP contribution in [0.3, 0.4) is 0 Å². The molecule has 3 aromatic carbocycles. The van der Waals surface area contributed by atoms with Crippen LogP contribution < -0.4 is 0 Å². The van der Waals surface area contributed by atoms with Gasteiger partial charge in [0, 0.05) is 4.90 Å². The highest BCUT2D eigenvalue weighted by molar-refractivity contribution is 7.80.